The van der Waals surface area contributed by atoms with Crippen LogP contribution >= 0.6 is 11.8 Å². The van der Waals surface area contributed by atoms with Crippen LogP contribution in [-0.2, 0) is 0 Å². The van der Waals surface area contributed by atoms with Gasteiger partial charge in [0.2, 0.25) is 0 Å². The molecule has 1 fully saturated rings. The zero-order valence-electron chi connectivity index (χ0n) is 9.93. The Labute approximate surface area is 106 Å². The van der Waals surface area contributed by atoms with Gasteiger partial charge in [-0.3, -0.25) is 0 Å². The van der Waals surface area contributed by atoms with E-state index in [0.717, 1.165) is 10.9 Å². The van der Waals surface area contributed by atoms with E-state index < -0.39 is 5.97 Å². The Kier molecular flexibility index (Phi) is 4.05. The second-order valence-corrected chi connectivity index (χ2v) is 6.02. The highest BCUT2D eigenvalue weighted by atomic mass is 32.2. The topological polar surface area (TPSA) is 50.2 Å². The lowest BCUT2D eigenvalue weighted by Crippen LogP contribution is -2.15. The van der Waals surface area contributed by atoms with E-state index in [2.05, 4.69) is 11.9 Å². The second-order valence-electron chi connectivity index (χ2n) is 4.70. The summed E-state index contributed by atoms with van der Waals surface area (Å²) in [5.41, 5.74) is 0.325. The molecule has 0 aliphatic heterocycles. The van der Waals surface area contributed by atoms with Gasteiger partial charge in [0.05, 0.1) is 10.6 Å². The maximum absolute atomic E-state index is 10.9. The molecule has 1 heterocycles. The lowest BCUT2D eigenvalue weighted by atomic mass is 9.91. The summed E-state index contributed by atoms with van der Waals surface area (Å²) in [4.78, 5) is 15.1. The number of carboxylic acids is 1. The van der Waals surface area contributed by atoms with Crippen molar-refractivity contribution in [3.63, 3.8) is 0 Å². The smallest absolute Gasteiger partial charge is 0.335 e. The minimum Gasteiger partial charge on any atom is -0.478 e. The molecule has 0 aromatic carbocycles. The Morgan fingerprint density at radius 3 is 3.06 bits per heavy atom. The van der Waals surface area contributed by atoms with Crippen LogP contribution < -0.4 is 0 Å². The van der Waals surface area contributed by atoms with E-state index >= 15 is 0 Å². The quantitative estimate of drug-likeness (QED) is 0.894. The lowest BCUT2D eigenvalue weighted by Gasteiger charge is -2.25. The van der Waals surface area contributed by atoms with E-state index in [0.29, 0.717) is 10.8 Å². The zero-order valence-corrected chi connectivity index (χ0v) is 10.7. The molecule has 17 heavy (non-hydrogen) atoms. The number of carboxylic acid groups (broad SMARTS) is 1. The first kappa shape index (κ1) is 12.4. The molecule has 4 heteroatoms. The van der Waals surface area contributed by atoms with E-state index in [9.17, 15) is 4.79 Å². The van der Waals surface area contributed by atoms with Crippen molar-refractivity contribution in [3.8, 4) is 0 Å². The highest BCUT2D eigenvalue weighted by Gasteiger charge is 2.20. The third kappa shape index (κ3) is 3.46. The Hall–Kier alpha value is -1.03. The van der Waals surface area contributed by atoms with Gasteiger partial charge >= 0.3 is 5.97 Å². The van der Waals surface area contributed by atoms with Crippen molar-refractivity contribution in [2.45, 2.75) is 42.9 Å². The Morgan fingerprint density at radius 1 is 1.53 bits per heavy atom. The van der Waals surface area contributed by atoms with Crippen LogP contribution in [0.25, 0.3) is 0 Å². The summed E-state index contributed by atoms with van der Waals surface area (Å²) in [5.74, 6) is -0.102. The molecule has 1 N–H and O–H groups in total. The third-order valence-corrected chi connectivity index (χ3v) is 4.38. The van der Waals surface area contributed by atoms with Gasteiger partial charge in [-0.25, -0.2) is 9.78 Å². The van der Waals surface area contributed by atoms with Crippen molar-refractivity contribution in [1.82, 2.24) is 4.98 Å². The van der Waals surface area contributed by atoms with Crippen molar-refractivity contribution in [3.05, 3.63) is 23.9 Å². The SMILES string of the molecule is CC1CCCC(Sc2cc(C(=O)O)ccn2)C1. The van der Waals surface area contributed by atoms with Crippen LogP contribution in [0.15, 0.2) is 23.4 Å². The minimum absolute atomic E-state index is 0.325. The molecule has 92 valence electrons. The number of aromatic nitrogens is 1. The first-order valence-electron chi connectivity index (χ1n) is 6.01. The average molecular weight is 251 g/mol. The summed E-state index contributed by atoms with van der Waals surface area (Å²) in [6.07, 6.45) is 6.60. The molecule has 1 aliphatic rings. The van der Waals surface area contributed by atoms with Gasteiger partial charge in [-0.2, -0.15) is 0 Å². The normalized spacial score (nSPS) is 24.5. The molecule has 0 radical (unpaired) electrons. The van der Waals surface area contributed by atoms with Gasteiger partial charge in [0.25, 0.3) is 0 Å². The summed E-state index contributed by atoms with van der Waals surface area (Å²) >= 11 is 1.73. The average Bonchev–Trinajstić information content (AvgIpc) is 2.29. The molecule has 2 atom stereocenters. The summed E-state index contributed by atoms with van der Waals surface area (Å²) < 4.78 is 0. The van der Waals surface area contributed by atoms with Crippen LogP contribution in [0.3, 0.4) is 0 Å². The number of pyridine rings is 1. The molecule has 0 bridgehead atoms. The maximum Gasteiger partial charge on any atom is 0.335 e. The van der Waals surface area contributed by atoms with Crippen LogP contribution in [0.2, 0.25) is 0 Å². The van der Waals surface area contributed by atoms with Crippen LogP contribution in [-0.4, -0.2) is 21.3 Å². The van der Waals surface area contributed by atoms with Crippen molar-refractivity contribution < 1.29 is 9.90 Å². The molecule has 2 rings (SSSR count). The van der Waals surface area contributed by atoms with Gasteiger partial charge in [0.1, 0.15) is 0 Å². The van der Waals surface area contributed by atoms with Crippen LogP contribution in [0, 0.1) is 5.92 Å². The molecule has 1 saturated carbocycles. The van der Waals surface area contributed by atoms with E-state index in [4.69, 9.17) is 5.11 Å². The fraction of sp³-hybridized carbons (Fsp3) is 0.538. The summed E-state index contributed by atoms with van der Waals surface area (Å²) in [6, 6.07) is 3.21. The number of nitrogens with zero attached hydrogens (tertiary/aromatic N) is 1. The second kappa shape index (κ2) is 5.54. The monoisotopic (exact) mass is 251 g/mol. The van der Waals surface area contributed by atoms with Crippen LogP contribution in [0.1, 0.15) is 43.0 Å². The van der Waals surface area contributed by atoms with Gasteiger partial charge < -0.3 is 5.11 Å². The molecule has 3 nitrogen and oxygen atoms in total. The Morgan fingerprint density at radius 2 is 2.35 bits per heavy atom. The molecule has 1 aromatic rings. The van der Waals surface area contributed by atoms with E-state index in [1.165, 1.54) is 31.7 Å². The molecule has 1 aromatic heterocycles. The highest BCUT2D eigenvalue weighted by Crippen LogP contribution is 2.35. The number of hydrogen-bond donors (Lipinski definition) is 1. The Balaban J connectivity index is 2.02. The summed E-state index contributed by atoms with van der Waals surface area (Å²) in [7, 11) is 0. The fourth-order valence-electron chi connectivity index (χ4n) is 2.26. The number of carbonyl (C=O) groups is 1. The number of thioether (sulfide) groups is 1. The predicted octanol–water partition coefficient (Wildman–Crippen LogP) is 3.45. The van der Waals surface area contributed by atoms with Gasteiger partial charge in [0, 0.05) is 11.4 Å². The first-order chi connectivity index (χ1) is 8.15. The van der Waals surface area contributed by atoms with Gasteiger partial charge in [-0.1, -0.05) is 19.8 Å². The molecular weight excluding hydrogens is 234 g/mol. The van der Waals surface area contributed by atoms with Gasteiger partial charge in [-0.05, 0) is 30.9 Å². The molecule has 0 spiro atoms. The number of rotatable bonds is 3. The molecular formula is C13H17NO2S. The zero-order chi connectivity index (χ0) is 12.3. The van der Waals surface area contributed by atoms with E-state index in [1.807, 2.05) is 0 Å². The first-order valence-corrected chi connectivity index (χ1v) is 6.89. The van der Waals surface area contributed by atoms with Crippen molar-refractivity contribution in [1.29, 1.82) is 0 Å². The lowest BCUT2D eigenvalue weighted by molar-refractivity contribution is 0.0696. The highest BCUT2D eigenvalue weighted by molar-refractivity contribution is 7.99. The standard InChI is InChI=1S/C13H17NO2S/c1-9-3-2-4-11(7-9)17-12-8-10(13(15)16)5-6-14-12/h5-6,8-9,11H,2-4,7H2,1H3,(H,15,16). The predicted molar refractivity (Wildman–Crippen MR) is 68.5 cm³/mol. The molecule has 1 aliphatic carbocycles. The number of aromatic carboxylic acids is 1. The van der Waals surface area contributed by atoms with E-state index in [1.54, 1.807) is 24.0 Å². The van der Waals surface area contributed by atoms with Gasteiger partial charge in [0.15, 0.2) is 0 Å². The number of hydrogen-bond acceptors (Lipinski definition) is 3. The maximum atomic E-state index is 10.9. The molecule has 0 amide bonds. The van der Waals surface area contributed by atoms with Gasteiger partial charge in [-0.15, -0.1) is 11.8 Å². The van der Waals surface area contributed by atoms with Crippen LogP contribution in [0.5, 0.6) is 0 Å². The summed E-state index contributed by atoms with van der Waals surface area (Å²) in [6.45, 7) is 2.29. The van der Waals surface area contributed by atoms with Crippen molar-refractivity contribution in [2.75, 3.05) is 0 Å². The Bertz CT molecular complexity index is 408. The largest absolute Gasteiger partial charge is 0.478 e. The van der Waals surface area contributed by atoms with E-state index in [-0.39, 0.29) is 0 Å². The van der Waals surface area contributed by atoms with Crippen molar-refractivity contribution in [2.24, 2.45) is 5.92 Å². The minimum atomic E-state index is -0.883. The molecule has 2 unspecified atom stereocenters. The van der Waals surface area contributed by atoms with Crippen molar-refractivity contribution >= 4 is 17.7 Å². The van der Waals surface area contributed by atoms with Crippen LogP contribution in [0.4, 0.5) is 0 Å². The summed E-state index contributed by atoms with van der Waals surface area (Å²) in [5, 5.41) is 10.4. The fourth-order valence-corrected chi connectivity index (χ4v) is 3.63. The molecule has 0 saturated heterocycles. The third-order valence-electron chi connectivity index (χ3n) is 3.16.